The molecule has 1 atom stereocenters. The van der Waals surface area contributed by atoms with Crippen LogP contribution < -0.4 is 0 Å². The zero-order valence-corrected chi connectivity index (χ0v) is 16.5. The summed E-state index contributed by atoms with van der Waals surface area (Å²) >= 11 is 0. The van der Waals surface area contributed by atoms with Crippen molar-refractivity contribution >= 4 is 17.4 Å². The smallest absolute Gasteiger partial charge is 0.295 e. The monoisotopic (exact) mass is 397 g/mol. The zero-order valence-electron chi connectivity index (χ0n) is 16.5. The number of likely N-dealkylation sites (tertiary alicyclic amines) is 1. The van der Waals surface area contributed by atoms with Gasteiger partial charge in [0.1, 0.15) is 11.6 Å². The van der Waals surface area contributed by atoms with Crippen LogP contribution >= 0.6 is 0 Å². The number of benzene rings is 1. The summed E-state index contributed by atoms with van der Waals surface area (Å²) in [7, 11) is 0. The zero-order chi connectivity index (χ0) is 21.0. The molecule has 3 rings (SSSR count). The van der Waals surface area contributed by atoms with Gasteiger partial charge in [-0.05, 0) is 49.0 Å². The highest BCUT2D eigenvalue weighted by atomic mass is 19.1. The number of aliphatic hydroxyl groups excluding tert-OH is 1. The molecule has 6 nitrogen and oxygen atoms in total. The number of aliphatic hydroxyl groups is 1. The van der Waals surface area contributed by atoms with Crippen LogP contribution in [0.4, 0.5) is 4.39 Å². The Hall–Kier alpha value is -3.06. The van der Waals surface area contributed by atoms with Crippen LogP contribution in [0.1, 0.15) is 31.0 Å². The van der Waals surface area contributed by atoms with Gasteiger partial charge < -0.3 is 14.9 Å². The summed E-state index contributed by atoms with van der Waals surface area (Å²) in [5.74, 6) is -2.18. The molecule has 1 N–H and O–H groups in total. The highest BCUT2D eigenvalue weighted by molar-refractivity contribution is 6.46. The summed E-state index contributed by atoms with van der Waals surface area (Å²) < 4.78 is 13.3. The van der Waals surface area contributed by atoms with E-state index in [1.807, 2.05) is 13.8 Å². The highest BCUT2D eigenvalue weighted by Crippen LogP contribution is 2.38. The van der Waals surface area contributed by atoms with E-state index in [2.05, 4.69) is 9.88 Å². The fourth-order valence-electron chi connectivity index (χ4n) is 3.55. The van der Waals surface area contributed by atoms with E-state index in [-0.39, 0.29) is 16.9 Å². The van der Waals surface area contributed by atoms with E-state index in [4.69, 9.17) is 0 Å². The van der Waals surface area contributed by atoms with Gasteiger partial charge in [-0.15, -0.1) is 0 Å². The van der Waals surface area contributed by atoms with Crippen LogP contribution in [-0.2, 0) is 9.59 Å². The Labute approximate surface area is 169 Å². The van der Waals surface area contributed by atoms with Crippen molar-refractivity contribution < 1.29 is 19.1 Å². The SMILES string of the molecule is CCN(CC)CCN1C(=O)C(=O)C(=C(O)c2ccc(F)cc2)[C@@H]1c1cccnc1. The molecule has 0 spiro atoms. The van der Waals surface area contributed by atoms with Crippen LogP contribution in [0.2, 0.25) is 0 Å². The number of amides is 1. The Morgan fingerprint density at radius 1 is 1.17 bits per heavy atom. The number of rotatable bonds is 7. The number of ketones is 1. The molecule has 2 aromatic rings. The van der Waals surface area contributed by atoms with Gasteiger partial charge >= 0.3 is 0 Å². The maximum atomic E-state index is 13.3. The van der Waals surface area contributed by atoms with Crippen LogP contribution in [0.5, 0.6) is 0 Å². The van der Waals surface area contributed by atoms with E-state index >= 15 is 0 Å². The topological polar surface area (TPSA) is 73.7 Å². The molecule has 1 aromatic heterocycles. The van der Waals surface area contributed by atoms with Crippen molar-refractivity contribution in [3.63, 3.8) is 0 Å². The molecule has 0 radical (unpaired) electrons. The number of Topliss-reactive ketones (excluding diaryl/α,β-unsaturated/α-hetero) is 1. The third kappa shape index (κ3) is 4.19. The molecule has 1 aromatic carbocycles. The summed E-state index contributed by atoms with van der Waals surface area (Å²) in [6.45, 7) is 6.66. The molecule has 29 heavy (non-hydrogen) atoms. The molecule has 0 unspecified atom stereocenters. The van der Waals surface area contributed by atoms with E-state index in [0.717, 1.165) is 13.1 Å². The number of pyridine rings is 1. The van der Waals surface area contributed by atoms with Crippen molar-refractivity contribution in [3.8, 4) is 0 Å². The largest absolute Gasteiger partial charge is 0.507 e. The van der Waals surface area contributed by atoms with Crippen molar-refractivity contribution in [2.45, 2.75) is 19.9 Å². The van der Waals surface area contributed by atoms with Crippen molar-refractivity contribution in [3.05, 3.63) is 71.3 Å². The molecule has 1 saturated heterocycles. The molecular formula is C22H24FN3O3. The van der Waals surface area contributed by atoms with Crippen LogP contribution in [0.3, 0.4) is 0 Å². The maximum absolute atomic E-state index is 13.3. The minimum absolute atomic E-state index is 0.00541. The molecular weight excluding hydrogens is 373 g/mol. The van der Waals surface area contributed by atoms with Gasteiger partial charge in [0.2, 0.25) is 0 Å². The second-order valence-corrected chi connectivity index (χ2v) is 6.81. The first kappa shape index (κ1) is 20.7. The van der Waals surface area contributed by atoms with Gasteiger partial charge in [-0.2, -0.15) is 0 Å². The molecule has 7 heteroatoms. The van der Waals surface area contributed by atoms with Gasteiger partial charge in [-0.25, -0.2) is 4.39 Å². The van der Waals surface area contributed by atoms with Gasteiger partial charge in [0.25, 0.3) is 11.7 Å². The van der Waals surface area contributed by atoms with E-state index in [0.29, 0.717) is 18.7 Å². The lowest BCUT2D eigenvalue weighted by atomic mass is 9.96. The number of hydrogen-bond acceptors (Lipinski definition) is 5. The van der Waals surface area contributed by atoms with Crippen molar-refractivity contribution in [1.29, 1.82) is 0 Å². The number of carbonyl (C=O) groups is 2. The van der Waals surface area contributed by atoms with Gasteiger partial charge in [0.05, 0.1) is 11.6 Å². The van der Waals surface area contributed by atoms with E-state index in [1.54, 1.807) is 24.5 Å². The maximum Gasteiger partial charge on any atom is 0.295 e. The van der Waals surface area contributed by atoms with Gasteiger partial charge in [-0.3, -0.25) is 14.6 Å². The molecule has 0 bridgehead atoms. The predicted molar refractivity (Wildman–Crippen MR) is 107 cm³/mol. The number of carbonyl (C=O) groups excluding carboxylic acids is 2. The Kier molecular flexibility index (Phi) is 6.39. The predicted octanol–water partition coefficient (Wildman–Crippen LogP) is 2.98. The molecule has 2 heterocycles. The minimum Gasteiger partial charge on any atom is -0.507 e. The highest BCUT2D eigenvalue weighted by Gasteiger charge is 2.46. The molecule has 152 valence electrons. The summed E-state index contributed by atoms with van der Waals surface area (Å²) in [6, 6.07) is 7.91. The molecule has 0 saturated carbocycles. The summed E-state index contributed by atoms with van der Waals surface area (Å²) in [6.07, 6.45) is 3.18. The number of aromatic nitrogens is 1. The van der Waals surface area contributed by atoms with E-state index in [9.17, 15) is 19.1 Å². The first-order valence-corrected chi connectivity index (χ1v) is 9.64. The summed E-state index contributed by atoms with van der Waals surface area (Å²) in [5.41, 5.74) is 0.908. The van der Waals surface area contributed by atoms with Crippen LogP contribution in [-0.4, -0.2) is 57.8 Å². The number of likely N-dealkylation sites (N-methyl/N-ethyl adjacent to an activating group) is 1. The summed E-state index contributed by atoms with van der Waals surface area (Å²) in [4.78, 5) is 33.4. The second kappa shape index (κ2) is 8.96. The lowest BCUT2D eigenvalue weighted by molar-refractivity contribution is -0.140. The Bertz CT molecular complexity index is 909. The Balaban J connectivity index is 2.06. The van der Waals surface area contributed by atoms with Gasteiger partial charge in [-0.1, -0.05) is 19.9 Å². The van der Waals surface area contributed by atoms with Crippen LogP contribution in [0, 0.1) is 5.82 Å². The Morgan fingerprint density at radius 2 is 1.86 bits per heavy atom. The second-order valence-electron chi connectivity index (χ2n) is 6.81. The van der Waals surface area contributed by atoms with Crippen molar-refractivity contribution in [1.82, 2.24) is 14.8 Å². The Morgan fingerprint density at radius 3 is 2.45 bits per heavy atom. The third-order valence-electron chi connectivity index (χ3n) is 5.21. The lowest BCUT2D eigenvalue weighted by Gasteiger charge is -2.28. The first-order valence-electron chi connectivity index (χ1n) is 9.64. The first-order chi connectivity index (χ1) is 14.0. The fraction of sp³-hybridized carbons (Fsp3) is 0.318. The number of nitrogens with zero attached hydrogens (tertiary/aromatic N) is 3. The number of halogens is 1. The standard InChI is InChI=1S/C22H24FN3O3/c1-3-25(4-2)12-13-26-19(16-6-5-11-24-14-16)18(21(28)22(26)29)20(27)15-7-9-17(23)10-8-15/h5-11,14,19,27H,3-4,12-13H2,1-2H3/t19-/m0/s1. The van der Waals surface area contributed by atoms with Crippen LogP contribution in [0.25, 0.3) is 5.76 Å². The molecule has 1 fully saturated rings. The van der Waals surface area contributed by atoms with Gasteiger partial charge in [0, 0.05) is 31.0 Å². The third-order valence-corrected chi connectivity index (χ3v) is 5.21. The average molecular weight is 397 g/mol. The summed E-state index contributed by atoms with van der Waals surface area (Å²) in [5, 5.41) is 10.8. The molecule has 1 aliphatic heterocycles. The minimum atomic E-state index is -0.750. The van der Waals surface area contributed by atoms with E-state index in [1.165, 1.54) is 29.2 Å². The normalized spacial score (nSPS) is 18.6. The average Bonchev–Trinajstić information content (AvgIpc) is 3.00. The molecule has 0 aliphatic carbocycles. The van der Waals surface area contributed by atoms with Crippen molar-refractivity contribution in [2.24, 2.45) is 0 Å². The van der Waals surface area contributed by atoms with E-state index < -0.39 is 23.5 Å². The quantitative estimate of drug-likeness (QED) is 0.442. The fourth-order valence-corrected chi connectivity index (χ4v) is 3.55. The molecule has 1 aliphatic rings. The lowest BCUT2D eigenvalue weighted by Crippen LogP contribution is -2.38. The number of hydrogen-bond donors (Lipinski definition) is 1. The molecule has 1 amide bonds. The van der Waals surface area contributed by atoms with Crippen LogP contribution in [0.15, 0.2) is 54.4 Å². The van der Waals surface area contributed by atoms with Crippen molar-refractivity contribution in [2.75, 3.05) is 26.2 Å². The van der Waals surface area contributed by atoms with Gasteiger partial charge in [0.15, 0.2) is 0 Å².